The third-order valence-electron chi connectivity index (χ3n) is 2.42. The summed E-state index contributed by atoms with van der Waals surface area (Å²) in [5, 5.41) is 11.5. The zero-order chi connectivity index (χ0) is 14.7. The van der Waals surface area contributed by atoms with E-state index in [0.717, 1.165) is 16.9 Å². The predicted octanol–water partition coefficient (Wildman–Crippen LogP) is 3.31. The van der Waals surface area contributed by atoms with Crippen molar-refractivity contribution in [3.05, 3.63) is 61.8 Å². The van der Waals surface area contributed by atoms with Gasteiger partial charge in [-0.3, -0.25) is 4.79 Å². The lowest BCUT2D eigenvalue weighted by atomic mass is 10.2. The third kappa shape index (κ3) is 3.48. The molecule has 0 spiro atoms. The lowest BCUT2D eigenvalue weighted by Gasteiger charge is -1.97. The van der Waals surface area contributed by atoms with Gasteiger partial charge in [-0.1, -0.05) is 35.3 Å². The molecular weight excluding hydrogens is 319 g/mol. The van der Waals surface area contributed by atoms with E-state index in [1.165, 1.54) is 18.2 Å². The van der Waals surface area contributed by atoms with Crippen molar-refractivity contribution in [1.82, 2.24) is 0 Å². The minimum Gasteiger partial charge on any atom is -0.544 e. The molecule has 1 heterocycles. The fourth-order valence-electron chi connectivity index (χ4n) is 1.45. The number of benzene rings is 1. The number of carboxylic acids is 1. The molecule has 2 rings (SSSR count). The molecular formula is C14H7Cl2O3S-. The molecule has 0 aliphatic heterocycles. The largest absolute Gasteiger partial charge is 0.544 e. The summed E-state index contributed by atoms with van der Waals surface area (Å²) >= 11 is 12.5. The van der Waals surface area contributed by atoms with Gasteiger partial charge in [0.05, 0.1) is 25.8 Å². The molecule has 1 aromatic carbocycles. The number of aromatic carboxylic acids is 1. The molecule has 0 saturated carbocycles. The summed E-state index contributed by atoms with van der Waals surface area (Å²) in [6.07, 6.45) is 2.94. The summed E-state index contributed by atoms with van der Waals surface area (Å²) in [4.78, 5) is 22.8. The van der Waals surface area contributed by atoms with Crippen molar-refractivity contribution in [2.45, 2.75) is 0 Å². The molecule has 6 heteroatoms. The molecule has 0 amide bonds. The number of allylic oxidation sites excluding steroid dienone is 1. The van der Waals surface area contributed by atoms with E-state index in [1.54, 1.807) is 24.3 Å². The first-order valence-corrected chi connectivity index (χ1v) is 7.03. The standard InChI is InChI=1S/C14H8Cl2O3S/c15-9-3-1-8(7-10(9)16)2-4-11(17)12-5-6-13(20-12)14(18)19/h1-7H,(H,18,19)/p-1/b4-2+. The van der Waals surface area contributed by atoms with Crippen LogP contribution < -0.4 is 5.11 Å². The third-order valence-corrected chi connectivity index (χ3v) is 4.24. The van der Waals surface area contributed by atoms with Crippen molar-refractivity contribution in [1.29, 1.82) is 0 Å². The Morgan fingerprint density at radius 1 is 1.05 bits per heavy atom. The number of thiophene rings is 1. The van der Waals surface area contributed by atoms with Gasteiger partial charge in [-0.2, -0.15) is 0 Å². The van der Waals surface area contributed by atoms with Gasteiger partial charge in [-0.25, -0.2) is 0 Å². The summed E-state index contributed by atoms with van der Waals surface area (Å²) < 4.78 is 0. The maximum Gasteiger partial charge on any atom is 0.195 e. The van der Waals surface area contributed by atoms with Crippen LogP contribution in [0.2, 0.25) is 10.0 Å². The van der Waals surface area contributed by atoms with E-state index in [2.05, 4.69) is 0 Å². The van der Waals surface area contributed by atoms with Gasteiger partial charge in [0.25, 0.3) is 0 Å². The number of carbonyl (C=O) groups excluding carboxylic acids is 2. The number of carboxylic acid groups (broad SMARTS) is 1. The second-order valence-electron chi connectivity index (χ2n) is 3.82. The van der Waals surface area contributed by atoms with E-state index in [-0.39, 0.29) is 10.7 Å². The monoisotopic (exact) mass is 325 g/mol. The highest BCUT2D eigenvalue weighted by molar-refractivity contribution is 7.16. The molecule has 0 fully saturated rings. The van der Waals surface area contributed by atoms with Gasteiger partial charge in [-0.15, -0.1) is 11.3 Å². The molecule has 0 atom stereocenters. The Balaban J connectivity index is 2.15. The molecule has 0 radical (unpaired) electrons. The molecule has 0 bridgehead atoms. The number of rotatable bonds is 4. The van der Waals surface area contributed by atoms with Crippen molar-refractivity contribution < 1.29 is 14.7 Å². The molecule has 0 aliphatic carbocycles. The first-order valence-electron chi connectivity index (χ1n) is 5.46. The van der Waals surface area contributed by atoms with Crippen LogP contribution in [0.1, 0.15) is 24.9 Å². The van der Waals surface area contributed by atoms with Crippen LogP contribution in [0.4, 0.5) is 0 Å². The number of halogens is 2. The van der Waals surface area contributed by atoms with Crippen molar-refractivity contribution >= 4 is 52.4 Å². The Labute approximate surface area is 129 Å². The minimum absolute atomic E-state index is 0.0243. The topological polar surface area (TPSA) is 57.2 Å². The van der Waals surface area contributed by atoms with Gasteiger partial charge in [-0.05, 0) is 35.9 Å². The Bertz CT molecular complexity index is 704. The average Bonchev–Trinajstić information content (AvgIpc) is 2.89. The summed E-state index contributed by atoms with van der Waals surface area (Å²) in [6, 6.07) is 7.79. The minimum atomic E-state index is -1.29. The molecule has 0 aliphatic rings. The van der Waals surface area contributed by atoms with Crippen LogP contribution >= 0.6 is 34.5 Å². The van der Waals surface area contributed by atoms with Gasteiger partial charge >= 0.3 is 0 Å². The first kappa shape index (κ1) is 14.8. The molecule has 0 saturated heterocycles. The van der Waals surface area contributed by atoms with E-state index in [0.29, 0.717) is 14.9 Å². The van der Waals surface area contributed by atoms with Gasteiger partial charge in [0.15, 0.2) is 5.78 Å². The van der Waals surface area contributed by atoms with Gasteiger partial charge in [0, 0.05) is 0 Å². The summed E-state index contributed by atoms with van der Waals surface area (Å²) in [5.74, 6) is -1.57. The molecule has 20 heavy (non-hydrogen) atoms. The smallest absolute Gasteiger partial charge is 0.195 e. The van der Waals surface area contributed by atoms with Crippen LogP contribution in [0.3, 0.4) is 0 Å². The molecule has 0 unspecified atom stereocenters. The van der Waals surface area contributed by atoms with Crippen LogP contribution in [0, 0.1) is 0 Å². The summed E-state index contributed by atoms with van der Waals surface area (Å²) in [5.41, 5.74) is 0.726. The highest BCUT2D eigenvalue weighted by atomic mass is 35.5. The van der Waals surface area contributed by atoms with Crippen LogP contribution in [0.25, 0.3) is 6.08 Å². The van der Waals surface area contributed by atoms with E-state index in [1.807, 2.05) is 0 Å². The van der Waals surface area contributed by atoms with Gasteiger partial charge < -0.3 is 9.90 Å². The highest BCUT2D eigenvalue weighted by Crippen LogP contribution is 2.23. The SMILES string of the molecule is O=C([O-])c1ccc(C(=O)/C=C/c2ccc(Cl)c(Cl)c2)s1. The molecule has 0 N–H and O–H groups in total. The van der Waals surface area contributed by atoms with Crippen LogP contribution in [-0.2, 0) is 0 Å². The quantitative estimate of drug-likeness (QED) is 0.640. The van der Waals surface area contributed by atoms with Crippen molar-refractivity contribution in [2.75, 3.05) is 0 Å². The van der Waals surface area contributed by atoms with Crippen molar-refractivity contribution in [2.24, 2.45) is 0 Å². The fourth-order valence-corrected chi connectivity index (χ4v) is 2.52. The lowest BCUT2D eigenvalue weighted by Crippen LogP contribution is -2.20. The zero-order valence-corrected chi connectivity index (χ0v) is 12.3. The van der Waals surface area contributed by atoms with Crippen LogP contribution in [0.5, 0.6) is 0 Å². The van der Waals surface area contributed by atoms with Gasteiger partial charge in [0.1, 0.15) is 0 Å². The Morgan fingerprint density at radius 2 is 1.75 bits per heavy atom. The number of hydrogen-bond acceptors (Lipinski definition) is 4. The molecule has 2 aromatic rings. The van der Waals surface area contributed by atoms with Crippen LogP contribution in [-0.4, -0.2) is 11.8 Å². The Morgan fingerprint density at radius 3 is 2.35 bits per heavy atom. The molecule has 102 valence electrons. The highest BCUT2D eigenvalue weighted by Gasteiger charge is 2.07. The maximum absolute atomic E-state index is 11.9. The number of ketones is 1. The van der Waals surface area contributed by atoms with E-state index in [9.17, 15) is 14.7 Å². The fraction of sp³-hybridized carbons (Fsp3) is 0. The maximum atomic E-state index is 11.9. The molecule has 1 aromatic heterocycles. The van der Waals surface area contributed by atoms with Crippen LogP contribution in [0.15, 0.2) is 36.4 Å². The predicted molar refractivity (Wildman–Crippen MR) is 78.5 cm³/mol. The summed E-state index contributed by atoms with van der Waals surface area (Å²) in [6.45, 7) is 0. The zero-order valence-electron chi connectivity index (χ0n) is 9.93. The van der Waals surface area contributed by atoms with E-state index >= 15 is 0 Å². The second kappa shape index (κ2) is 6.22. The Kier molecular flexibility index (Phi) is 4.60. The van der Waals surface area contributed by atoms with Gasteiger partial charge in [0.2, 0.25) is 0 Å². The van der Waals surface area contributed by atoms with Crippen molar-refractivity contribution in [3.8, 4) is 0 Å². The summed E-state index contributed by atoms with van der Waals surface area (Å²) in [7, 11) is 0. The second-order valence-corrected chi connectivity index (χ2v) is 5.72. The Hall–Kier alpha value is -1.62. The van der Waals surface area contributed by atoms with E-state index < -0.39 is 5.97 Å². The van der Waals surface area contributed by atoms with Crippen molar-refractivity contribution in [3.63, 3.8) is 0 Å². The lowest BCUT2D eigenvalue weighted by molar-refractivity contribution is -0.254. The molecule has 3 nitrogen and oxygen atoms in total. The van der Waals surface area contributed by atoms with E-state index in [4.69, 9.17) is 23.2 Å². The first-order chi connectivity index (χ1) is 9.47. The number of hydrogen-bond donors (Lipinski definition) is 0. The normalized spacial score (nSPS) is 10.9. The number of carbonyl (C=O) groups is 2. The average molecular weight is 326 g/mol.